The van der Waals surface area contributed by atoms with Crippen molar-refractivity contribution in [1.29, 1.82) is 0 Å². The molecule has 3 heterocycles. The highest BCUT2D eigenvalue weighted by molar-refractivity contribution is 7.19. The molecule has 1 aliphatic rings. The van der Waals surface area contributed by atoms with Crippen LogP contribution in [0.15, 0.2) is 73.1 Å². The van der Waals surface area contributed by atoms with Gasteiger partial charge >= 0.3 is 0 Å². The van der Waals surface area contributed by atoms with Gasteiger partial charge in [0.25, 0.3) is 5.91 Å². The molecule has 0 saturated carbocycles. The van der Waals surface area contributed by atoms with Crippen LogP contribution in [-0.2, 0) is 24.1 Å². The number of rotatable bonds is 7. The lowest BCUT2D eigenvalue weighted by atomic mass is 9.95. The molecule has 2 amide bonds. The third-order valence-corrected chi connectivity index (χ3v) is 8.02. The van der Waals surface area contributed by atoms with Gasteiger partial charge in [-0.1, -0.05) is 41.7 Å². The van der Waals surface area contributed by atoms with Gasteiger partial charge in [-0.25, -0.2) is 14.1 Å². The van der Waals surface area contributed by atoms with E-state index in [1.165, 1.54) is 22.3 Å². The van der Waals surface area contributed by atoms with Gasteiger partial charge in [-0.15, -0.1) is 0 Å². The molecule has 6 rings (SSSR count). The predicted molar refractivity (Wildman–Crippen MR) is 157 cm³/mol. The number of nitrogens with one attached hydrogen (secondary N) is 1. The fourth-order valence-electron chi connectivity index (χ4n) is 4.99. The van der Waals surface area contributed by atoms with E-state index in [1.54, 1.807) is 43.3 Å². The molecule has 3 aromatic heterocycles. The van der Waals surface area contributed by atoms with Crippen LogP contribution in [-0.4, -0.2) is 50.6 Å². The fraction of sp³-hybridized carbons (Fsp3) is 0.194. The number of amides is 2. The summed E-state index contributed by atoms with van der Waals surface area (Å²) in [5, 5.41) is 8.32. The van der Waals surface area contributed by atoms with Crippen molar-refractivity contribution < 1.29 is 14.0 Å². The number of nitrogens with zero attached hydrogens (tertiary/aromatic N) is 5. The number of aromatic nitrogens is 4. The zero-order valence-corrected chi connectivity index (χ0v) is 23.4. The number of aryl methyl sites for hydroxylation is 2. The number of halogens is 1. The molecule has 0 spiro atoms. The third kappa shape index (κ3) is 5.26. The first-order valence-corrected chi connectivity index (χ1v) is 14.1. The molecule has 0 aliphatic heterocycles. The van der Waals surface area contributed by atoms with Gasteiger partial charge in [0.1, 0.15) is 11.5 Å². The summed E-state index contributed by atoms with van der Waals surface area (Å²) in [4.78, 5) is 36.4. The third-order valence-electron chi connectivity index (χ3n) is 7.00. The second-order valence-electron chi connectivity index (χ2n) is 10.0. The highest BCUT2D eigenvalue weighted by atomic mass is 32.1. The van der Waals surface area contributed by atoms with Gasteiger partial charge in [-0.05, 0) is 55.2 Å². The molecule has 41 heavy (non-hydrogen) atoms. The van der Waals surface area contributed by atoms with Crippen LogP contribution >= 0.6 is 11.3 Å². The average Bonchev–Trinajstić information content (AvgIpc) is 3.57. The van der Waals surface area contributed by atoms with Crippen molar-refractivity contribution >= 4 is 28.3 Å². The van der Waals surface area contributed by atoms with Crippen molar-refractivity contribution in [3.05, 3.63) is 101 Å². The Bertz CT molecular complexity index is 1750. The molecular formula is C31H27FN6O2S. The zero-order valence-electron chi connectivity index (χ0n) is 22.6. The largest absolute Gasteiger partial charge is 0.345 e. The Balaban J connectivity index is 1.38. The molecule has 10 heteroatoms. The number of benzene rings is 2. The number of hydrogen-bond acceptors (Lipinski definition) is 6. The summed E-state index contributed by atoms with van der Waals surface area (Å²) in [6.07, 6.45) is 5.72. The Kier molecular flexibility index (Phi) is 7.15. The first-order valence-electron chi connectivity index (χ1n) is 13.3. The van der Waals surface area contributed by atoms with Gasteiger partial charge in [0.05, 0.1) is 22.0 Å². The Labute approximate surface area is 240 Å². The van der Waals surface area contributed by atoms with Crippen molar-refractivity contribution in [3.8, 4) is 27.5 Å². The summed E-state index contributed by atoms with van der Waals surface area (Å²) in [5.74, 6) is -0.963. The van der Waals surface area contributed by atoms with Gasteiger partial charge < -0.3 is 10.2 Å². The zero-order chi connectivity index (χ0) is 28.5. The van der Waals surface area contributed by atoms with Crippen LogP contribution < -0.4 is 5.32 Å². The maximum atomic E-state index is 15.6. The topological polar surface area (TPSA) is 93.0 Å². The van der Waals surface area contributed by atoms with Crippen LogP contribution in [0.5, 0.6) is 0 Å². The lowest BCUT2D eigenvalue weighted by Crippen LogP contribution is -2.22. The normalized spacial score (nSPS) is 12.0. The van der Waals surface area contributed by atoms with Crippen LogP contribution in [0.1, 0.15) is 33.6 Å². The van der Waals surface area contributed by atoms with Crippen molar-refractivity contribution in [2.45, 2.75) is 25.7 Å². The van der Waals surface area contributed by atoms with Crippen molar-refractivity contribution in [3.63, 3.8) is 0 Å². The molecule has 1 aliphatic carbocycles. The molecule has 1 N–H and O–H groups in total. The van der Waals surface area contributed by atoms with Gasteiger partial charge in [0, 0.05) is 49.6 Å². The molecule has 0 atom stereocenters. The fourth-order valence-corrected chi connectivity index (χ4v) is 6.07. The minimum Gasteiger partial charge on any atom is -0.345 e. The van der Waals surface area contributed by atoms with Crippen molar-refractivity contribution in [2.75, 3.05) is 19.4 Å². The van der Waals surface area contributed by atoms with Crippen LogP contribution in [0.25, 0.3) is 27.5 Å². The summed E-state index contributed by atoms with van der Waals surface area (Å²) >= 11 is 1.36. The Morgan fingerprint density at radius 3 is 2.63 bits per heavy atom. The second kappa shape index (κ2) is 11.1. The first-order chi connectivity index (χ1) is 19.9. The van der Waals surface area contributed by atoms with Crippen LogP contribution in [0.2, 0.25) is 0 Å². The van der Waals surface area contributed by atoms with Gasteiger partial charge in [0.15, 0.2) is 5.13 Å². The lowest BCUT2D eigenvalue weighted by molar-refractivity contribution is -0.116. The summed E-state index contributed by atoms with van der Waals surface area (Å²) in [6.45, 7) is 0. The predicted octanol–water partition coefficient (Wildman–Crippen LogP) is 5.57. The molecule has 206 valence electrons. The average molecular weight is 567 g/mol. The number of thiazole rings is 1. The first kappa shape index (κ1) is 26.5. The molecule has 2 aromatic carbocycles. The molecule has 8 nitrogen and oxygen atoms in total. The molecule has 0 radical (unpaired) electrons. The van der Waals surface area contributed by atoms with E-state index in [1.807, 2.05) is 42.5 Å². The SMILES string of the molecule is CN(C)C(=O)c1ccc(-n2nc(-c3cccnc3)c3c2-c2sc(NC(=O)CCc4ccccc4)nc2CC3)c(F)c1. The van der Waals surface area contributed by atoms with Gasteiger partial charge in [-0.3, -0.25) is 14.6 Å². The van der Waals surface area contributed by atoms with Crippen molar-refractivity contribution in [1.82, 2.24) is 24.6 Å². The van der Waals surface area contributed by atoms with Crippen LogP contribution in [0.4, 0.5) is 9.52 Å². The number of pyridine rings is 1. The van der Waals surface area contributed by atoms with E-state index >= 15 is 4.39 Å². The number of carbonyl (C=O) groups is 2. The minimum absolute atomic E-state index is 0.114. The van der Waals surface area contributed by atoms with E-state index in [0.29, 0.717) is 36.5 Å². The quantitative estimate of drug-likeness (QED) is 0.278. The van der Waals surface area contributed by atoms with E-state index < -0.39 is 5.82 Å². The highest BCUT2D eigenvalue weighted by Crippen LogP contribution is 2.44. The highest BCUT2D eigenvalue weighted by Gasteiger charge is 2.31. The maximum Gasteiger partial charge on any atom is 0.253 e. The van der Waals surface area contributed by atoms with E-state index in [4.69, 9.17) is 10.1 Å². The van der Waals surface area contributed by atoms with E-state index in [2.05, 4.69) is 10.3 Å². The molecular weight excluding hydrogens is 539 g/mol. The summed E-state index contributed by atoms with van der Waals surface area (Å²) < 4.78 is 17.2. The number of carbonyl (C=O) groups excluding carboxylic acids is 2. The van der Waals surface area contributed by atoms with Crippen molar-refractivity contribution in [2.24, 2.45) is 0 Å². The summed E-state index contributed by atoms with van der Waals surface area (Å²) in [7, 11) is 3.25. The van der Waals surface area contributed by atoms with Gasteiger partial charge in [0.2, 0.25) is 5.91 Å². The molecule has 0 saturated heterocycles. The monoisotopic (exact) mass is 566 g/mol. The number of fused-ring (bicyclic) bond motifs is 3. The van der Waals surface area contributed by atoms with Crippen LogP contribution in [0.3, 0.4) is 0 Å². The summed E-state index contributed by atoms with van der Waals surface area (Å²) in [5.41, 5.74) is 5.64. The Morgan fingerprint density at radius 2 is 1.90 bits per heavy atom. The minimum atomic E-state index is -0.563. The van der Waals surface area contributed by atoms with Gasteiger partial charge in [-0.2, -0.15) is 5.10 Å². The smallest absolute Gasteiger partial charge is 0.253 e. The Morgan fingerprint density at radius 1 is 1.07 bits per heavy atom. The number of hydrogen-bond donors (Lipinski definition) is 1. The number of anilines is 1. The summed E-state index contributed by atoms with van der Waals surface area (Å²) in [6, 6.07) is 18.1. The lowest BCUT2D eigenvalue weighted by Gasteiger charge is -2.15. The Hall–Kier alpha value is -4.70. The molecule has 0 unspecified atom stereocenters. The van der Waals surface area contributed by atoms with Crippen LogP contribution in [0, 0.1) is 5.82 Å². The standard InChI is InChI=1S/C31H27FN6O2S/c1-37(2)30(40)20-11-14-25(23(32)17-20)38-28-22(27(36-38)21-9-6-16-33-18-21)12-13-24-29(28)41-31(34-24)35-26(39)15-10-19-7-4-3-5-8-19/h3-9,11,14,16-18H,10,12-13,15H2,1-2H3,(H,34,35,39). The molecule has 5 aromatic rings. The maximum absolute atomic E-state index is 15.6. The molecule has 0 fully saturated rings. The van der Waals surface area contributed by atoms with E-state index in [-0.39, 0.29) is 23.1 Å². The van der Waals surface area contributed by atoms with E-state index in [9.17, 15) is 9.59 Å². The second-order valence-corrected chi connectivity index (χ2v) is 11.0. The molecule has 0 bridgehead atoms. The van der Waals surface area contributed by atoms with E-state index in [0.717, 1.165) is 33.0 Å².